The largest absolute Gasteiger partial charge is 0.464 e. The zero-order valence-corrected chi connectivity index (χ0v) is 9.45. The number of nitrogens with zero attached hydrogens (tertiary/aromatic N) is 1. The fourth-order valence-corrected chi connectivity index (χ4v) is 1.46. The number of methoxy groups -OCH3 is 1. The summed E-state index contributed by atoms with van der Waals surface area (Å²) < 4.78 is 4.64. The van der Waals surface area contributed by atoms with Gasteiger partial charge >= 0.3 is 5.97 Å². The summed E-state index contributed by atoms with van der Waals surface area (Å²) in [5, 5.41) is 1.63. The number of nitrogens with two attached hydrogens (primary N) is 1. The Kier molecular flexibility index (Phi) is 3.68. The molecule has 1 aromatic carbocycles. The van der Waals surface area contributed by atoms with Crippen LogP contribution in [0.1, 0.15) is 10.5 Å². The summed E-state index contributed by atoms with van der Waals surface area (Å²) in [4.78, 5) is 15.4. The zero-order chi connectivity index (χ0) is 10.8. The SMILES string of the molecule is COC(=O)c1nccc2cc(N)ccc12.Cl. The van der Waals surface area contributed by atoms with Crippen molar-refractivity contribution in [3.05, 3.63) is 36.2 Å². The Bertz CT molecular complexity index is 528. The van der Waals surface area contributed by atoms with Gasteiger partial charge in [0.2, 0.25) is 0 Å². The second-order valence-corrected chi connectivity index (χ2v) is 3.13. The lowest BCUT2D eigenvalue weighted by atomic mass is 10.1. The van der Waals surface area contributed by atoms with Crippen molar-refractivity contribution in [2.75, 3.05) is 12.8 Å². The maximum atomic E-state index is 11.4. The quantitative estimate of drug-likeness (QED) is 0.610. The Balaban J connectivity index is 0.00000128. The number of hydrogen-bond acceptors (Lipinski definition) is 4. The van der Waals surface area contributed by atoms with Crippen LogP contribution >= 0.6 is 12.4 Å². The summed E-state index contributed by atoms with van der Waals surface area (Å²) in [5.74, 6) is -0.439. The van der Waals surface area contributed by atoms with Crippen molar-refractivity contribution in [1.82, 2.24) is 4.98 Å². The molecule has 0 fully saturated rings. The standard InChI is InChI=1S/C11H10N2O2.ClH/c1-15-11(14)10-9-3-2-8(12)6-7(9)4-5-13-10;/h2-6H,12H2,1H3;1H. The molecule has 0 unspecified atom stereocenters. The van der Waals surface area contributed by atoms with Gasteiger partial charge in [-0.15, -0.1) is 12.4 Å². The van der Waals surface area contributed by atoms with E-state index in [-0.39, 0.29) is 12.4 Å². The smallest absolute Gasteiger partial charge is 0.357 e. The summed E-state index contributed by atoms with van der Waals surface area (Å²) in [6, 6.07) is 7.10. The van der Waals surface area contributed by atoms with Crippen molar-refractivity contribution >= 4 is 34.8 Å². The van der Waals surface area contributed by atoms with Crippen LogP contribution in [0, 0.1) is 0 Å². The molecule has 0 saturated heterocycles. The molecule has 1 aromatic heterocycles. The highest BCUT2D eigenvalue weighted by Crippen LogP contribution is 2.19. The van der Waals surface area contributed by atoms with Gasteiger partial charge in [0.15, 0.2) is 5.69 Å². The minimum absolute atomic E-state index is 0. The van der Waals surface area contributed by atoms with Crippen molar-refractivity contribution < 1.29 is 9.53 Å². The van der Waals surface area contributed by atoms with Gasteiger partial charge in [-0.25, -0.2) is 9.78 Å². The van der Waals surface area contributed by atoms with Crippen molar-refractivity contribution in [1.29, 1.82) is 0 Å². The molecule has 2 rings (SSSR count). The Morgan fingerprint density at radius 2 is 2.12 bits per heavy atom. The van der Waals surface area contributed by atoms with Gasteiger partial charge < -0.3 is 10.5 Å². The topological polar surface area (TPSA) is 65.2 Å². The number of rotatable bonds is 1. The summed E-state index contributed by atoms with van der Waals surface area (Å²) in [6.45, 7) is 0. The number of benzene rings is 1. The fraction of sp³-hybridized carbons (Fsp3) is 0.0909. The van der Waals surface area contributed by atoms with Crippen molar-refractivity contribution in [3.8, 4) is 0 Å². The molecule has 16 heavy (non-hydrogen) atoms. The minimum atomic E-state index is -0.439. The highest BCUT2D eigenvalue weighted by atomic mass is 35.5. The van der Waals surface area contributed by atoms with Crippen LogP contribution in [-0.2, 0) is 4.74 Å². The number of hydrogen-bond donors (Lipinski definition) is 1. The minimum Gasteiger partial charge on any atom is -0.464 e. The summed E-state index contributed by atoms with van der Waals surface area (Å²) in [5.41, 5.74) is 6.62. The maximum Gasteiger partial charge on any atom is 0.357 e. The molecular formula is C11H11ClN2O2. The van der Waals surface area contributed by atoms with Gasteiger partial charge in [0.05, 0.1) is 7.11 Å². The van der Waals surface area contributed by atoms with Gasteiger partial charge in [-0.3, -0.25) is 0 Å². The second kappa shape index (κ2) is 4.81. The van der Waals surface area contributed by atoms with Crippen LogP contribution < -0.4 is 5.73 Å². The molecule has 0 radical (unpaired) electrons. The number of anilines is 1. The monoisotopic (exact) mass is 238 g/mol. The molecule has 0 aliphatic carbocycles. The molecule has 2 N–H and O–H groups in total. The van der Waals surface area contributed by atoms with Crippen LogP contribution in [-0.4, -0.2) is 18.1 Å². The Morgan fingerprint density at radius 3 is 2.81 bits per heavy atom. The Labute approximate surface area is 98.8 Å². The first-order chi connectivity index (χ1) is 7.22. The number of esters is 1. The van der Waals surface area contributed by atoms with Gasteiger partial charge in [0.25, 0.3) is 0 Å². The first-order valence-electron chi connectivity index (χ1n) is 4.45. The van der Waals surface area contributed by atoms with E-state index in [1.165, 1.54) is 7.11 Å². The molecule has 1 heterocycles. The van der Waals surface area contributed by atoms with E-state index < -0.39 is 5.97 Å². The van der Waals surface area contributed by atoms with E-state index >= 15 is 0 Å². The number of fused-ring (bicyclic) bond motifs is 1. The lowest BCUT2D eigenvalue weighted by molar-refractivity contribution is 0.0596. The molecule has 0 saturated carbocycles. The number of carbonyl (C=O) groups excluding carboxylic acids is 1. The number of pyridine rings is 1. The lowest BCUT2D eigenvalue weighted by Crippen LogP contribution is -2.04. The number of ether oxygens (including phenoxy) is 1. The van der Waals surface area contributed by atoms with E-state index in [0.29, 0.717) is 11.4 Å². The molecule has 0 atom stereocenters. The average Bonchev–Trinajstić information content (AvgIpc) is 2.26. The molecule has 0 bridgehead atoms. The molecular weight excluding hydrogens is 228 g/mol. The molecule has 84 valence electrons. The molecule has 0 aliphatic rings. The van der Waals surface area contributed by atoms with Crippen LogP contribution in [0.2, 0.25) is 0 Å². The molecule has 4 nitrogen and oxygen atoms in total. The predicted molar refractivity (Wildman–Crippen MR) is 64.7 cm³/mol. The van der Waals surface area contributed by atoms with E-state index in [0.717, 1.165) is 10.8 Å². The van der Waals surface area contributed by atoms with Gasteiger partial charge in [0.1, 0.15) is 0 Å². The molecule has 0 aliphatic heterocycles. The first kappa shape index (κ1) is 12.3. The van der Waals surface area contributed by atoms with Crippen molar-refractivity contribution in [2.45, 2.75) is 0 Å². The molecule has 5 heteroatoms. The van der Waals surface area contributed by atoms with E-state index in [4.69, 9.17) is 5.73 Å². The molecule has 0 amide bonds. The van der Waals surface area contributed by atoms with Gasteiger partial charge in [0, 0.05) is 17.3 Å². The van der Waals surface area contributed by atoms with E-state index in [1.54, 1.807) is 30.5 Å². The van der Waals surface area contributed by atoms with E-state index in [1.807, 2.05) is 0 Å². The molecule has 2 aromatic rings. The van der Waals surface area contributed by atoms with Gasteiger partial charge in [-0.1, -0.05) is 0 Å². The average molecular weight is 239 g/mol. The second-order valence-electron chi connectivity index (χ2n) is 3.13. The van der Waals surface area contributed by atoms with Crippen LogP contribution in [0.4, 0.5) is 5.69 Å². The maximum absolute atomic E-state index is 11.4. The van der Waals surface area contributed by atoms with Crippen LogP contribution in [0.3, 0.4) is 0 Å². The summed E-state index contributed by atoms with van der Waals surface area (Å²) >= 11 is 0. The number of carbonyl (C=O) groups is 1. The van der Waals surface area contributed by atoms with E-state index in [2.05, 4.69) is 9.72 Å². The Morgan fingerprint density at radius 1 is 1.38 bits per heavy atom. The third-order valence-electron chi connectivity index (χ3n) is 2.17. The lowest BCUT2D eigenvalue weighted by Gasteiger charge is -2.03. The third kappa shape index (κ3) is 2.06. The summed E-state index contributed by atoms with van der Waals surface area (Å²) in [7, 11) is 1.33. The van der Waals surface area contributed by atoms with E-state index in [9.17, 15) is 4.79 Å². The zero-order valence-electron chi connectivity index (χ0n) is 8.64. The van der Waals surface area contributed by atoms with Crippen LogP contribution in [0.5, 0.6) is 0 Å². The Hall–Kier alpha value is -1.81. The predicted octanol–water partition coefficient (Wildman–Crippen LogP) is 2.03. The number of halogens is 1. The van der Waals surface area contributed by atoms with Crippen molar-refractivity contribution in [3.63, 3.8) is 0 Å². The highest BCUT2D eigenvalue weighted by Gasteiger charge is 2.11. The number of aromatic nitrogens is 1. The fourth-order valence-electron chi connectivity index (χ4n) is 1.46. The van der Waals surface area contributed by atoms with Crippen LogP contribution in [0.25, 0.3) is 10.8 Å². The van der Waals surface area contributed by atoms with Crippen molar-refractivity contribution in [2.24, 2.45) is 0 Å². The highest BCUT2D eigenvalue weighted by molar-refractivity contribution is 6.03. The van der Waals surface area contributed by atoms with Gasteiger partial charge in [-0.05, 0) is 29.7 Å². The number of nitrogen functional groups attached to an aromatic ring is 1. The van der Waals surface area contributed by atoms with Gasteiger partial charge in [-0.2, -0.15) is 0 Å². The third-order valence-corrected chi connectivity index (χ3v) is 2.17. The normalized spacial score (nSPS) is 9.56. The van der Waals surface area contributed by atoms with Crippen LogP contribution in [0.15, 0.2) is 30.5 Å². The first-order valence-corrected chi connectivity index (χ1v) is 4.45. The summed E-state index contributed by atoms with van der Waals surface area (Å²) in [6.07, 6.45) is 1.56. The molecule has 0 spiro atoms.